The number of aryl methyl sites for hydroxylation is 1. The van der Waals surface area contributed by atoms with Crippen LogP contribution in [0.3, 0.4) is 0 Å². The predicted molar refractivity (Wildman–Crippen MR) is 98.9 cm³/mol. The molecule has 25 heavy (non-hydrogen) atoms. The topological polar surface area (TPSA) is 83.7 Å². The number of carbonyl (C=O) groups excluding carboxylic acids is 1. The summed E-state index contributed by atoms with van der Waals surface area (Å²) in [6.07, 6.45) is -0.110. The molecule has 136 valence electrons. The highest BCUT2D eigenvalue weighted by molar-refractivity contribution is 7.15. The Morgan fingerprint density at radius 3 is 2.52 bits per heavy atom. The summed E-state index contributed by atoms with van der Waals surface area (Å²) >= 11 is 1.46. The lowest BCUT2D eigenvalue weighted by Gasteiger charge is -2.16. The zero-order chi connectivity index (χ0) is 18.2. The van der Waals surface area contributed by atoms with Gasteiger partial charge in [0.15, 0.2) is 11.2 Å². The Bertz CT molecular complexity index is 685. The van der Waals surface area contributed by atoms with Gasteiger partial charge >= 0.3 is 5.97 Å². The summed E-state index contributed by atoms with van der Waals surface area (Å²) in [4.78, 5) is 17.5. The molecule has 0 fully saturated rings. The van der Waals surface area contributed by atoms with Crippen LogP contribution in [0.4, 0.5) is 5.13 Å². The van der Waals surface area contributed by atoms with Crippen LogP contribution in [0.25, 0.3) is 11.3 Å². The van der Waals surface area contributed by atoms with Crippen LogP contribution in [0.5, 0.6) is 5.75 Å². The monoisotopic (exact) mass is 364 g/mol. The first-order valence-electron chi connectivity index (χ1n) is 8.29. The Kier molecular flexibility index (Phi) is 7.21. The number of aromatic nitrogens is 1. The van der Waals surface area contributed by atoms with Crippen LogP contribution in [0.1, 0.15) is 25.1 Å². The van der Waals surface area contributed by atoms with Gasteiger partial charge in [-0.05, 0) is 44.5 Å². The molecule has 2 aromatic rings. The summed E-state index contributed by atoms with van der Waals surface area (Å²) < 4.78 is 16.1. The minimum absolute atomic E-state index is 0.232. The van der Waals surface area contributed by atoms with E-state index in [1.54, 1.807) is 0 Å². The van der Waals surface area contributed by atoms with Crippen LogP contribution in [0.15, 0.2) is 24.3 Å². The zero-order valence-corrected chi connectivity index (χ0v) is 15.6. The predicted octanol–water partition coefficient (Wildman–Crippen LogP) is 3.44. The highest BCUT2D eigenvalue weighted by Crippen LogP contribution is 2.30. The molecule has 7 heteroatoms. The summed E-state index contributed by atoms with van der Waals surface area (Å²) in [7, 11) is 0. The van der Waals surface area contributed by atoms with Crippen LogP contribution in [0, 0.1) is 6.92 Å². The van der Waals surface area contributed by atoms with Gasteiger partial charge in [0.2, 0.25) is 0 Å². The summed E-state index contributed by atoms with van der Waals surface area (Å²) in [5.74, 6) is 0.229. The van der Waals surface area contributed by atoms with E-state index in [1.807, 2.05) is 45.0 Å². The van der Waals surface area contributed by atoms with Gasteiger partial charge in [0.05, 0.1) is 12.3 Å². The number of esters is 1. The van der Waals surface area contributed by atoms with E-state index in [-0.39, 0.29) is 12.6 Å². The van der Waals surface area contributed by atoms with Crippen molar-refractivity contribution in [3.8, 4) is 17.0 Å². The lowest BCUT2D eigenvalue weighted by atomic mass is 10.1. The van der Waals surface area contributed by atoms with Gasteiger partial charge in [0.1, 0.15) is 12.4 Å². The van der Waals surface area contributed by atoms with Gasteiger partial charge in [0, 0.05) is 17.0 Å². The molecule has 0 spiro atoms. The van der Waals surface area contributed by atoms with Crippen molar-refractivity contribution in [2.24, 2.45) is 0 Å². The molecule has 0 aliphatic carbocycles. The van der Waals surface area contributed by atoms with E-state index >= 15 is 0 Å². The van der Waals surface area contributed by atoms with Crippen molar-refractivity contribution in [1.82, 2.24) is 4.98 Å². The molecule has 0 bridgehead atoms. The molecule has 6 nitrogen and oxygen atoms in total. The maximum atomic E-state index is 12.1. The van der Waals surface area contributed by atoms with Crippen molar-refractivity contribution in [2.45, 2.75) is 33.3 Å². The molecule has 0 aliphatic rings. The minimum Gasteiger partial charge on any atom is -0.479 e. The molecule has 0 radical (unpaired) electrons. The van der Waals surface area contributed by atoms with E-state index in [2.05, 4.69) is 4.98 Å². The highest BCUT2D eigenvalue weighted by atomic mass is 32.1. The fourth-order valence-corrected chi connectivity index (χ4v) is 2.99. The Balaban J connectivity index is 1.96. The summed E-state index contributed by atoms with van der Waals surface area (Å²) in [6.45, 7) is 6.98. The van der Waals surface area contributed by atoms with Gasteiger partial charge in [-0.1, -0.05) is 6.92 Å². The van der Waals surface area contributed by atoms with Crippen molar-refractivity contribution < 1.29 is 19.0 Å². The van der Waals surface area contributed by atoms with Gasteiger partial charge in [-0.25, -0.2) is 9.78 Å². The third kappa shape index (κ3) is 5.44. The second-order valence-corrected chi connectivity index (χ2v) is 6.60. The van der Waals surface area contributed by atoms with E-state index in [4.69, 9.17) is 19.9 Å². The standard InChI is InChI=1S/C18H24N2O4S/c1-4-15(17(21)23-11-10-22-5-2)24-14-8-6-13(7-9-14)16-12(3)25-18(19)20-16/h6-9,15H,4-5,10-11H2,1-3H3,(H2,19,20). The summed E-state index contributed by atoms with van der Waals surface area (Å²) in [5.41, 5.74) is 7.58. The van der Waals surface area contributed by atoms with Crippen molar-refractivity contribution in [1.29, 1.82) is 0 Å². The van der Waals surface area contributed by atoms with Gasteiger partial charge in [-0.15, -0.1) is 11.3 Å². The van der Waals surface area contributed by atoms with Crippen LogP contribution in [-0.2, 0) is 14.3 Å². The van der Waals surface area contributed by atoms with Crippen molar-refractivity contribution >= 4 is 22.4 Å². The van der Waals surface area contributed by atoms with Crippen LogP contribution >= 0.6 is 11.3 Å². The third-order valence-electron chi connectivity index (χ3n) is 3.53. The fourth-order valence-electron chi connectivity index (χ4n) is 2.28. The third-order valence-corrected chi connectivity index (χ3v) is 4.33. The Hall–Kier alpha value is -2.12. The smallest absolute Gasteiger partial charge is 0.347 e. The number of ether oxygens (including phenoxy) is 3. The number of hydrogen-bond donors (Lipinski definition) is 1. The molecule has 2 rings (SSSR count). The summed E-state index contributed by atoms with van der Waals surface area (Å²) in [5, 5.41) is 0.550. The number of hydrogen-bond acceptors (Lipinski definition) is 7. The second-order valence-electron chi connectivity index (χ2n) is 5.36. The molecule has 1 aromatic heterocycles. The number of carbonyl (C=O) groups is 1. The first kappa shape index (κ1) is 19.2. The van der Waals surface area contributed by atoms with Crippen molar-refractivity contribution in [3.05, 3.63) is 29.1 Å². The minimum atomic E-state index is -0.635. The van der Waals surface area contributed by atoms with E-state index < -0.39 is 6.10 Å². The SMILES string of the molecule is CCOCCOC(=O)C(CC)Oc1ccc(-c2nc(N)sc2C)cc1. The van der Waals surface area contributed by atoms with E-state index in [0.29, 0.717) is 30.5 Å². The second kappa shape index (κ2) is 9.39. The number of nitrogens with two attached hydrogens (primary N) is 1. The number of nitrogens with zero attached hydrogens (tertiary/aromatic N) is 1. The van der Waals surface area contributed by atoms with Crippen molar-refractivity contribution in [3.63, 3.8) is 0 Å². The molecular weight excluding hydrogens is 340 g/mol. The zero-order valence-electron chi connectivity index (χ0n) is 14.8. The Labute approximate surface area is 151 Å². The first-order chi connectivity index (χ1) is 12.0. The number of benzene rings is 1. The fraction of sp³-hybridized carbons (Fsp3) is 0.444. The van der Waals surface area contributed by atoms with Gasteiger partial charge in [-0.3, -0.25) is 0 Å². The van der Waals surface area contributed by atoms with E-state index in [9.17, 15) is 4.79 Å². The molecule has 0 amide bonds. The molecule has 0 aliphatic heterocycles. The molecule has 2 N–H and O–H groups in total. The molecule has 1 heterocycles. The largest absolute Gasteiger partial charge is 0.479 e. The van der Waals surface area contributed by atoms with Crippen LogP contribution < -0.4 is 10.5 Å². The number of nitrogen functional groups attached to an aromatic ring is 1. The van der Waals surface area contributed by atoms with Gasteiger partial charge in [0.25, 0.3) is 0 Å². The molecule has 1 atom stereocenters. The number of anilines is 1. The average molecular weight is 364 g/mol. The lowest BCUT2D eigenvalue weighted by Crippen LogP contribution is -2.29. The first-order valence-corrected chi connectivity index (χ1v) is 9.11. The van der Waals surface area contributed by atoms with Crippen LogP contribution in [-0.4, -0.2) is 36.9 Å². The number of thiazole rings is 1. The van der Waals surface area contributed by atoms with Crippen LogP contribution in [0.2, 0.25) is 0 Å². The number of rotatable bonds is 9. The molecule has 0 saturated heterocycles. The van der Waals surface area contributed by atoms with Gasteiger partial charge in [-0.2, -0.15) is 0 Å². The lowest BCUT2D eigenvalue weighted by molar-refractivity contribution is -0.153. The molecule has 1 aromatic carbocycles. The Morgan fingerprint density at radius 2 is 1.96 bits per heavy atom. The van der Waals surface area contributed by atoms with E-state index in [0.717, 1.165) is 16.1 Å². The molecular formula is C18H24N2O4S. The maximum absolute atomic E-state index is 12.1. The van der Waals surface area contributed by atoms with Gasteiger partial charge < -0.3 is 19.9 Å². The molecule has 0 saturated carbocycles. The quantitative estimate of drug-likeness (QED) is 0.542. The average Bonchev–Trinajstić information content (AvgIpc) is 2.95. The van der Waals surface area contributed by atoms with Crippen molar-refractivity contribution in [2.75, 3.05) is 25.6 Å². The van der Waals surface area contributed by atoms with E-state index in [1.165, 1.54) is 11.3 Å². The normalized spacial score (nSPS) is 12.0. The highest BCUT2D eigenvalue weighted by Gasteiger charge is 2.20. The Morgan fingerprint density at radius 1 is 1.24 bits per heavy atom. The molecule has 1 unspecified atom stereocenters. The maximum Gasteiger partial charge on any atom is 0.347 e. The summed E-state index contributed by atoms with van der Waals surface area (Å²) in [6, 6.07) is 7.45.